The number of aliphatic hydroxyl groups is 1. The van der Waals surface area contributed by atoms with E-state index in [4.69, 9.17) is 0 Å². The molecule has 1 atom stereocenters. The second kappa shape index (κ2) is 8.52. The summed E-state index contributed by atoms with van der Waals surface area (Å²) in [4.78, 5) is 12.6. The zero-order valence-electron chi connectivity index (χ0n) is 17.4. The third-order valence-electron chi connectivity index (χ3n) is 4.57. The standard InChI is InChI=1S/C24H24FN3O2/c1-16(22-15-26-28(17(22)2)21-7-5-6-20(25)14-21)27-23(29)19-10-8-18(9-11-19)12-13-24(3,4)30/h5-11,14-16,30H,1-4H3,(H,27,29)/t16-/m1/s1. The van der Waals surface area contributed by atoms with Crippen molar-refractivity contribution in [3.63, 3.8) is 0 Å². The van der Waals surface area contributed by atoms with Gasteiger partial charge < -0.3 is 10.4 Å². The van der Waals surface area contributed by atoms with Crippen LogP contribution in [-0.4, -0.2) is 26.4 Å². The average molecular weight is 405 g/mol. The van der Waals surface area contributed by atoms with Crippen molar-refractivity contribution in [3.8, 4) is 17.5 Å². The van der Waals surface area contributed by atoms with Gasteiger partial charge in [-0.2, -0.15) is 5.10 Å². The first-order valence-corrected chi connectivity index (χ1v) is 9.61. The van der Waals surface area contributed by atoms with Gasteiger partial charge in [-0.3, -0.25) is 4.79 Å². The van der Waals surface area contributed by atoms with E-state index < -0.39 is 5.60 Å². The first-order chi connectivity index (χ1) is 14.1. The lowest BCUT2D eigenvalue weighted by Gasteiger charge is -2.14. The summed E-state index contributed by atoms with van der Waals surface area (Å²) in [5.41, 5.74) is 2.45. The van der Waals surface area contributed by atoms with Gasteiger partial charge in [0.25, 0.3) is 5.91 Å². The van der Waals surface area contributed by atoms with Gasteiger partial charge in [0.05, 0.1) is 17.9 Å². The fourth-order valence-corrected chi connectivity index (χ4v) is 3.00. The van der Waals surface area contributed by atoms with E-state index in [-0.39, 0.29) is 17.8 Å². The van der Waals surface area contributed by atoms with E-state index in [0.29, 0.717) is 16.8 Å². The summed E-state index contributed by atoms with van der Waals surface area (Å²) < 4.78 is 15.2. The Labute approximate surface area is 175 Å². The van der Waals surface area contributed by atoms with Gasteiger partial charge in [-0.15, -0.1) is 0 Å². The van der Waals surface area contributed by atoms with Crippen molar-refractivity contribution in [3.05, 3.63) is 82.9 Å². The van der Waals surface area contributed by atoms with Gasteiger partial charge in [0.15, 0.2) is 0 Å². The Morgan fingerprint density at radius 1 is 1.23 bits per heavy atom. The summed E-state index contributed by atoms with van der Waals surface area (Å²) in [6.07, 6.45) is 1.68. The molecule has 3 rings (SSSR count). The number of aromatic nitrogens is 2. The van der Waals surface area contributed by atoms with Gasteiger partial charge >= 0.3 is 0 Å². The lowest BCUT2D eigenvalue weighted by atomic mass is 10.1. The summed E-state index contributed by atoms with van der Waals surface area (Å²) in [6.45, 7) is 6.98. The highest BCUT2D eigenvalue weighted by Crippen LogP contribution is 2.21. The van der Waals surface area contributed by atoms with E-state index in [1.807, 2.05) is 13.8 Å². The molecule has 0 radical (unpaired) electrons. The van der Waals surface area contributed by atoms with Gasteiger partial charge in [-0.25, -0.2) is 9.07 Å². The monoisotopic (exact) mass is 405 g/mol. The van der Waals surface area contributed by atoms with E-state index in [1.165, 1.54) is 12.1 Å². The fourth-order valence-electron chi connectivity index (χ4n) is 3.00. The topological polar surface area (TPSA) is 67.2 Å². The Morgan fingerprint density at radius 2 is 1.93 bits per heavy atom. The molecule has 0 saturated heterocycles. The van der Waals surface area contributed by atoms with Crippen molar-refractivity contribution in [2.45, 2.75) is 39.3 Å². The Kier molecular flexibility index (Phi) is 6.04. The molecule has 30 heavy (non-hydrogen) atoms. The van der Waals surface area contributed by atoms with E-state index in [2.05, 4.69) is 22.3 Å². The second-order valence-corrected chi connectivity index (χ2v) is 7.66. The highest BCUT2D eigenvalue weighted by Gasteiger charge is 2.17. The second-order valence-electron chi connectivity index (χ2n) is 7.66. The molecule has 0 bridgehead atoms. The van der Waals surface area contributed by atoms with Crippen LogP contribution >= 0.6 is 0 Å². The molecule has 0 fully saturated rings. The number of carbonyl (C=O) groups excluding carboxylic acids is 1. The van der Waals surface area contributed by atoms with Crippen LogP contribution in [-0.2, 0) is 0 Å². The number of nitrogens with zero attached hydrogens (tertiary/aromatic N) is 2. The van der Waals surface area contributed by atoms with Crippen LogP contribution in [0.3, 0.4) is 0 Å². The maximum absolute atomic E-state index is 13.5. The molecule has 1 aromatic heterocycles. The minimum Gasteiger partial charge on any atom is -0.378 e. The molecule has 2 N–H and O–H groups in total. The van der Waals surface area contributed by atoms with E-state index in [1.54, 1.807) is 61.1 Å². The number of amides is 1. The summed E-state index contributed by atoms with van der Waals surface area (Å²) >= 11 is 0. The number of hydrogen-bond donors (Lipinski definition) is 2. The largest absolute Gasteiger partial charge is 0.378 e. The highest BCUT2D eigenvalue weighted by atomic mass is 19.1. The van der Waals surface area contributed by atoms with Crippen molar-refractivity contribution < 1.29 is 14.3 Å². The quantitative estimate of drug-likeness (QED) is 0.647. The molecule has 5 nitrogen and oxygen atoms in total. The van der Waals surface area contributed by atoms with Gasteiger partial charge in [0, 0.05) is 22.4 Å². The van der Waals surface area contributed by atoms with Crippen molar-refractivity contribution in [2.75, 3.05) is 0 Å². The molecule has 2 aromatic carbocycles. The number of nitrogens with one attached hydrogen (secondary N) is 1. The van der Waals surface area contributed by atoms with E-state index in [9.17, 15) is 14.3 Å². The molecule has 0 unspecified atom stereocenters. The third kappa shape index (κ3) is 5.13. The van der Waals surface area contributed by atoms with Crippen LogP contribution in [0.4, 0.5) is 4.39 Å². The minimum atomic E-state index is -1.07. The molecule has 6 heteroatoms. The highest BCUT2D eigenvalue weighted by molar-refractivity contribution is 5.94. The number of benzene rings is 2. The van der Waals surface area contributed by atoms with Crippen molar-refractivity contribution >= 4 is 5.91 Å². The number of hydrogen-bond acceptors (Lipinski definition) is 3. The molecule has 0 aliphatic carbocycles. The molecule has 0 aliphatic rings. The number of halogens is 1. The maximum atomic E-state index is 13.5. The third-order valence-corrected chi connectivity index (χ3v) is 4.57. The zero-order chi connectivity index (χ0) is 21.9. The fraction of sp³-hybridized carbons (Fsp3) is 0.250. The lowest BCUT2D eigenvalue weighted by Crippen LogP contribution is -2.26. The predicted molar refractivity (Wildman–Crippen MR) is 114 cm³/mol. The van der Waals surface area contributed by atoms with Crippen LogP contribution in [0.2, 0.25) is 0 Å². The van der Waals surface area contributed by atoms with E-state index in [0.717, 1.165) is 11.3 Å². The van der Waals surface area contributed by atoms with Crippen LogP contribution in [0.5, 0.6) is 0 Å². The molecule has 0 saturated carbocycles. The Bertz CT molecular complexity index is 1120. The van der Waals surface area contributed by atoms with Crippen molar-refractivity contribution in [1.29, 1.82) is 0 Å². The van der Waals surface area contributed by atoms with Crippen LogP contribution in [0, 0.1) is 24.6 Å². The Hall–Kier alpha value is -3.43. The summed E-state index contributed by atoms with van der Waals surface area (Å²) in [5.74, 6) is 5.06. The predicted octanol–water partition coefficient (Wildman–Crippen LogP) is 3.93. The first-order valence-electron chi connectivity index (χ1n) is 9.61. The van der Waals surface area contributed by atoms with Crippen molar-refractivity contribution in [1.82, 2.24) is 15.1 Å². The van der Waals surface area contributed by atoms with Crippen LogP contribution < -0.4 is 5.32 Å². The van der Waals surface area contributed by atoms with Crippen LogP contribution in [0.25, 0.3) is 5.69 Å². The minimum absolute atomic E-state index is 0.220. The van der Waals surface area contributed by atoms with Crippen molar-refractivity contribution in [2.24, 2.45) is 0 Å². The Balaban J connectivity index is 1.72. The molecule has 1 heterocycles. The smallest absolute Gasteiger partial charge is 0.251 e. The van der Waals surface area contributed by atoms with E-state index >= 15 is 0 Å². The lowest BCUT2D eigenvalue weighted by molar-refractivity contribution is 0.0939. The maximum Gasteiger partial charge on any atom is 0.251 e. The summed E-state index contributed by atoms with van der Waals surface area (Å²) in [6, 6.07) is 12.8. The number of rotatable bonds is 4. The first kappa shape index (κ1) is 21.3. The summed E-state index contributed by atoms with van der Waals surface area (Å²) in [7, 11) is 0. The molecule has 1 amide bonds. The van der Waals surface area contributed by atoms with Gasteiger partial charge in [0.2, 0.25) is 0 Å². The molecule has 3 aromatic rings. The molecule has 0 aliphatic heterocycles. The number of carbonyl (C=O) groups is 1. The van der Waals surface area contributed by atoms with Gasteiger partial charge in [-0.1, -0.05) is 17.9 Å². The molecule has 0 spiro atoms. The van der Waals surface area contributed by atoms with Crippen LogP contribution in [0.15, 0.2) is 54.7 Å². The molecular weight excluding hydrogens is 381 g/mol. The average Bonchev–Trinajstić information content (AvgIpc) is 3.07. The summed E-state index contributed by atoms with van der Waals surface area (Å²) in [5, 5.41) is 17.0. The zero-order valence-corrected chi connectivity index (χ0v) is 17.4. The SMILES string of the molecule is Cc1c([C@@H](C)NC(=O)c2ccc(C#CC(C)(C)O)cc2)cnn1-c1cccc(F)c1. The molecular formula is C24H24FN3O2. The molecule has 154 valence electrons. The van der Waals surface area contributed by atoms with Gasteiger partial charge in [0.1, 0.15) is 11.4 Å². The Morgan fingerprint density at radius 3 is 2.57 bits per heavy atom. The van der Waals surface area contributed by atoms with Gasteiger partial charge in [-0.05, 0) is 70.2 Å². The normalized spacial score (nSPS) is 12.1. The van der Waals surface area contributed by atoms with Crippen LogP contribution in [0.1, 0.15) is 54.0 Å².